The average Bonchev–Trinajstić information content (AvgIpc) is 2.83. The number of rotatable bonds is 6. The largest absolute Gasteiger partial charge is 0.618 e. The summed E-state index contributed by atoms with van der Waals surface area (Å²) in [5, 5.41) is 14.0. The van der Waals surface area contributed by atoms with Crippen LogP contribution >= 0.6 is 0 Å². The Morgan fingerprint density at radius 2 is 1.94 bits per heavy atom. The van der Waals surface area contributed by atoms with Gasteiger partial charge >= 0.3 is 6.18 Å². The molecule has 0 saturated heterocycles. The monoisotopic (exact) mass is 484 g/mol. The van der Waals surface area contributed by atoms with Crippen LogP contribution in [-0.4, -0.2) is 22.6 Å². The Hall–Kier alpha value is -4.41. The lowest BCUT2D eigenvalue weighted by molar-refractivity contribution is -0.629. The molecule has 2 aromatic carbocycles. The van der Waals surface area contributed by atoms with Crippen molar-refractivity contribution in [3.63, 3.8) is 0 Å². The molecule has 2 heterocycles. The van der Waals surface area contributed by atoms with Gasteiger partial charge in [0, 0.05) is 18.7 Å². The number of hydrogen-bond acceptors (Lipinski definition) is 5. The summed E-state index contributed by atoms with van der Waals surface area (Å²) >= 11 is 0. The molecule has 0 atom stereocenters. The van der Waals surface area contributed by atoms with E-state index in [1.807, 2.05) is 24.3 Å². The number of halogens is 3. The summed E-state index contributed by atoms with van der Waals surface area (Å²) in [6.45, 7) is 0.279. The van der Waals surface area contributed by atoms with Crippen LogP contribution in [0, 0.1) is 5.21 Å². The van der Waals surface area contributed by atoms with Crippen molar-refractivity contribution in [2.75, 3.05) is 12.4 Å². The Balaban J connectivity index is 1.65. The molecule has 0 aliphatic rings. The molecule has 0 bridgehead atoms. The SMILES string of the molecule is COc1ccccc1CCn1cnc2cccc(NC(=O)c3cc[n+]([O-])c(C(F)(F)F)c3)c2c1=O. The second kappa shape index (κ2) is 9.45. The van der Waals surface area contributed by atoms with Crippen LogP contribution in [0.15, 0.2) is 71.9 Å². The number of para-hydroxylation sites is 1. The Morgan fingerprint density at radius 3 is 2.69 bits per heavy atom. The van der Waals surface area contributed by atoms with Crippen LogP contribution in [0.5, 0.6) is 5.75 Å². The van der Waals surface area contributed by atoms with Gasteiger partial charge in [-0.3, -0.25) is 14.2 Å². The van der Waals surface area contributed by atoms with Crippen LogP contribution in [0.2, 0.25) is 0 Å². The van der Waals surface area contributed by atoms with Crippen molar-refractivity contribution < 1.29 is 27.4 Å². The van der Waals surface area contributed by atoms with E-state index in [9.17, 15) is 28.0 Å². The Kier molecular flexibility index (Phi) is 6.41. The number of amides is 1. The molecule has 1 amide bonds. The first-order chi connectivity index (χ1) is 16.7. The predicted molar refractivity (Wildman–Crippen MR) is 121 cm³/mol. The van der Waals surface area contributed by atoms with Crippen molar-refractivity contribution in [2.24, 2.45) is 0 Å². The van der Waals surface area contributed by atoms with Crippen molar-refractivity contribution in [1.29, 1.82) is 0 Å². The summed E-state index contributed by atoms with van der Waals surface area (Å²) in [4.78, 5) is 30.2. The standard InChI is InChI=1S/C24H19F3N4O4/c1-35-19-8-3-2-5-15(19)9-11-30-14-28-17-6-4-7-18(21(17)23(30)33)29-22(32)16-10-12-31(34)20(13-16)24(25,26)27/h2-8,10,12-14H,9,11H2,1H3,(H,29,32). The molecular weight excluding hydrogens is 465 g/mol. The first-order valence-corrected chi connectivity index (χ1v) is 10.4. The Morgan fingerprint density at radius 1 is 1.17 bits per heavy atom. The van der Waals surface area contributed by atoms with Crippen LogP contribution in [0.25, 0.3) is 10.9 Å². The lowest BCUT2D eigenvalue weighted by atomic mass is 10.1. The quantitative estimate of drug-likeness (QED) is 0.333. The molecule has 1 N–H and O–H groups in total. The van der Waals surface area contributed by atoms with Gasteiger partial charge in [-0.1, -0.05) is 24.3 Å². The number of nitrogens with one attached hydrogen (secondary N) is 1. The molecule has 0 spiro atoms. The van der Waals surface area contributed by atoms with E-state index < -0.39 is 23.3 Å². The molecule has 0 aliphatic carbocycles. The fourth-order valence-corrected chi connectivity index (χ4v) is 3.64. The number of benzene rings is 2. The van der Waals surface area contributed by atoms with Gasteiger partial charge < -0.3 is 15.3 Å². The topological polar surface area (TPSA) is 100 Å². The van der Waals surface area contributed by atoms with Gasteiger partial charge in [-0.25, -0.2) is 4.98 Å². The number of hydrogen-bond donors (Lipinski definition) is 1. The van der Waals surface area contributed by atoms with Crippen molar-refractivity contribution in [1.82, 2.24) is 9.55 Å². The van der Waals surface area contributed by atoms with Crippen LogP contribution < -0.4 is 20.3 Å². The number of anilines is 1. The molecule has 8 nitrogen and oxygen atoms in total. The highest BCUT2D eigenvalue weighted by Gasteiger charge is 2.40. The van der Waals surface area contributed by atoms with E-state index in [2.05, 4.69) is 10.3 Å². The minimum atomic E-state index is -4.93. The smallest absolute Gasteiger partial charge is 0.478 e. The molecule has 2 aromatic heterocycles. The minimum absolute atomic E-state index is 0.0871. The number of carbonyl (C=O) groups is 1. The third kappa shape index (κ3) is 4.93. The predicted octanol–water partition coefficient (Wildman–Crippen LogP) is 3.55. The second-order valence-electron chi connectivity index (χ2n) is 7.58. The van der Waals surface area contributed by atoms with E-state index >= 15 is 0 Å². The molecule has 180 valence electrons. The Labute approximate surface area is 196 Å². The zero-order valence-corrected chi connectivity index (χ0v) is 18.4. The molecule has 0 radical (unpaired) electrons. The maximum absolute atomic E-state index is 13.2. The molecular formula is C24H19F3N4O4. The molecule has 4 aromatic rings. The van der Waals surface area contributed by atoms with Gasteiger partial charge in [0.25, 0.3) is 17.2 Å². The normalized spacial score (nSPS) is 11.4. The number of methoxy groups -OCH3 is 1. The molecule has 11 heteroatoms. The maximum Gasteiger partial charge on any atom is 0.478 e. The van der Waals surface area contributed by atoms with Gasteiger partial charge in [-0.15, -0.1) is 0 Å². The molecule has 4 rings (SSSR count). The summed E-state index contributed by atoms with van der Waals surface area (Å²) in [6, 6.07) is 13.4. The van der Waals surface area contributed by atoms with Gasteiger partial charge in [0.1, 0.15) is 5.75 Å². The third-order valence-electron chi connectivity index (χ3n) is 5.39. The van der Waals surface area contributed by atoms with Crippen molar-refractivity contribution in [3.05, 3.63) is 99.5 Å². The highest BCUT2D eigenvalue weighted by molar-refractivity contribution is 6.08. The molecule has 35 heavy (non-hydrogen) atoms. The fourth-order valence-electron chi connectivity index (χ4n) is 3.64. The van der Waals surface area contributed by atoms with E-state index in [1.165, 1.54) is 17.0 Å². The van der Waals surface area contributed by atoms with Crippen LogP contribution in [0.1, 0.15) is 21.6 Å². The van der Waals surface area contributed by atoms with Gasteiger partial charge in [-0.2, -0.15) is 17.9 Å². The summed E-state index contributed by atoms with van der Waals surface area (Å²) in [7, 11) is 1.55. The van der Waals surface area contributed by atoms with E-state index in [4.69, 9.17) is 4.74 Å². The number of nitrogens with zero attached hydrogens (tertiary/aromatic N) is 3. The van der Waals surface area contributed by atoms with E-state index in [0.29, 0.717) is 30.0 Å². The summed E-state index contributed by atoms with van der Waals surface area (Å²) in [5.41, 5.74) is -1.05. The number of fused-ring (bicyclic) bond motifs is 1. The Bertz CT molecular complexity index is 1470. The number of alkyl halides is 3. The van der Waals surface area contributed by atoms with Crippen LogP contribution in [0.3, 0.4) is 0 Å². The maximum atomic E-state index is 13.2. The first-order valence-electron chi connectivity index (χ1n) is 10.4. The fraction of sp³-hybridized carbons (Fsp3) is 0.167. The molecule has 0 saturated carbocycles. The zero-order valence-electron chi connectivity index (χ0n) is 18.4. The number of pyridine rings is 1. The third-order valence-corrected chi connectivity index (χ3v) is 5.39. The summed E-state index contributed by atoms with van der Waals surface area (Å²) < 4.78 is 45.5. The highest BCUT2D eigenvalue weighted by atomic mass is 19.4. The molecule has 0 aliphatic heterocycles. The lowest BCUT2D eigenvalue weighted by Crippen LogP contribution is -2.37. The van der Waals surface area contributed by atoms with E-state index in [0.717, 1.165) is 11.6 Å². The van der Waals surface area contributed by atoms with Crippen molar-refractivity contribution >= 4 is 22.5 Å². The van der Waals surface area contributed by atoms with E-state index in [1.54, 1.807) is 19.2 Å². The summed E-state index contributed by atoms with van der Waals surface area (Å²) in [6.07, 6.45) is -2.46. The summed E-state index contributed by atoms with van der Waals surface area (Å²) in [5.74, 6) is -0.227. The number of aryl methyl sites for hydroxylation is 2. The van der Waals surface area contributed by atoms with Crippen LogP contribution in [0.4, 0.5) is 18.9 Å². The number of aromatic nitrogens is 3. The van der Waals surface area contributed by atoms with Gasteiger partial charge in [-0.05, 0) is 30.2 Å². The lowest BCUT2D eigenvalue weighted by Gasteiger charge is -2.12. The minimum Gasteiger partial charge on any atom is -0.618 e. The number of ether oxygens (including phenoxy) is 1. The van der Waals surface area contributed by atoms with Crippen molar-refractivity contribution in [2.45, 2.75) is 19.1 Å². The van der Waals surface area contributed by atoms with Gasteiger partial charge in [0.15, 0.2) is 6.20 Å². The average molecular weight is 484 g/mol. The zero-order chi connectivity index (χ0) is 25.2. The molecule has 0 fully saturated rings. The van der Waals surface area contributed by atoms with E-state index in [-0.39, 0.29) is 27.9 Å². The highest BCUT2D eigenvalue weighted by Crippen LogP contribution is 2.27. The second-order valence-corrected chi connectivity index (χ2v) is 7.58. The van der Waals surface area contributed by atoms with Crippen LogP contribution in [-0.2, 0) is 19.1 Å². The number of carbonyl (C=O) groups excluding carboxylic acids is 1. The van der Waals surface area contributed by atoms with Gasteiger partial charge in [0.2, 0.25) is 0 Å². The molecule has 0 unspecified atom stereocenters. The van der Waals surface area contributed by atoms with Gasteiger partial charge in [0.05, 0.1) is 35.6 Å². The first kappa shape index (κ1) is 23.7. The van der Waals surface area contributed by atoms with Crippen molar-refractivity contribution in [3.8, 4) is 5.75 Å².